The van der Waals surface area contributed by atoms with Gasteiger partial charge in [0.2, 0.25) is 0 Å². The van der Waals surface area contributed by atoms with Gasteiger partial charge in [-0.25, -0.2) is 0 Å². The second-order valence-corrected chi connectivity index (χ2v) is 24.1. The van der Waals surface area contributed by atoms with Crippen molar-refractivity contribution < 1.29 is 0 Å². The number of unbranched alkanes of at least 4 members (excludes halogenated alkanes) is 15. The van der Waals surface area contributed by atoms with Gasteiger partial charge in [0.05, 0.1) is 0 Å². The molecule has 1 nitrogen and oxygen atoms in total. The van der Waals surface area contributed by atoms with Crippen molar-refractivity contribution in [3.05, 3.63) is 36.0 Å². The van der Waals surface area contributed by atoms with Gasteiger partial charge in [0, 0.05) is 6.54 Å². The van der Waals surface area contributed by atoms with Crippen molar-refractivity contribution in [3.63, 3.8) is 0 Å². The van der Waals surface area contributed by atoms with Gasteiger partial charge in [-0.1, -0.05) is 199 Å². The first-order chi connectivity index (χ1) is 30.2. The smallest absolute Gasteiger partial charge is 0.000965 e. The summed E-state index contributed by atoms with van der Waals surface area (Å²) in [4.78, 5) is 2.85. The Morgan fingerprint density at radius 2 is 1.27 bits per heavy atom. The normalized spacial score (nSPS) is 30.2. The number of fused-ring (bicyclic) bond motifs is 5. The Balaban J connectivity index is 0.912. The summed E-state index contributed by atoms with van der Waals surface area (Å²) in [6.45, 7) is 19.4. The number of hydrogen-bond donors (Lipinski definition) is 0. The van der Waals surface area contributed by atoms with Crippen LogP contribution < -0.4 is 0 Å². The first-order valence-corrected chi connectivity index (χ1v) is 29.0. The van der Waals surface area contributed by atoms with Crippen LogP contribution in [0.25, 0.3) is 0 Å². The molecular formula is C61H109N. The van der Waals surface area contributed by atoms with Gasteiger partial charge < -0.3 is 4.90 Å². The van der Waals surface area contributed by atoms with E-state index in [0.29, 0.717) is 10.8 Å². The second kappa shape index (κ2) is 29.0. The summed E-state index contributed by atoms with van der Waals surface area (Å²) < 4.78 is 0. The third-order valence-corrected chi connectivity index (χ3v) is 18.9. The molecule has 0 N–H and O–H groups in total. The highest BCUT2D eigenvalue weighted by atomic mass is 15.1. The van der Waals surface area contributed by atoms with Crippen molar-refractivity contribution in [3.8, 4) is 0 Å². The zero-order chi connectivity index (χ0) is 43.9. The molecule has 0 aromatic rings. The Morgan fingerprint density at radius 1 is 0.629 bits per heavy atom. The second-order valence-electron chi connectivity index (χ2n) is 24.1. The predicted octanol–water partition coefficient (Wildman–Crippen LogP) is 19.5. The molecule has 0 aromatic heterocycles. The maximum atomic E-state index is 2.86. The number of piperidine rings is 1. The minimum atomic E-state index is 0.523. The van der Waals surface area contributed by atoms with Gasteiger partial charge in [-0.05, 0) is 180 Å². The van der Waals surface area contributed by atoms with Gasteiger partial charge >= 0.3 is 0 Å². The average molecular weight is 857 g/mol. The summed E-state index contributed by atoms with van der Waals surface area (Å²) in [6, 6.07) is 0. The Morgan fingerprint density at radius 3 is 1.95 bits per heavy atom. The fourth-order valence-electron chi connectivity index (χ4n) is 15.0. The highest BCUT2D eigenvalue weighted by Gasteiger charge is 2.59. The molecule has 1 heteroatoms. The van der Waals surface area contributed by atoms with E-state index < -0.39 is 0 Å². The van der Waals surface area contributed by atoms with Gasteiger partial charge in [0.1, 0.15) is 0 Å². The molecule has 62 heavy (non-hydrogen) atoms. The van der Waals surface area contributed by atoms with Crippen LogP contribution in [-0.2, 0) is 0 Å². The Kier molecular flexibility index (Phi) is 24.4. The van der Waals surface area contributed by atoms with Gasteiger partial charge in [-0.15, -0.1) is 0 Å². The number of nitrogens with zero attached hydrogens (tertiary/aromatic N) is 1. The van der Waals surface area contributed by atoms with Crippen LogP contribution >= 0.6 is 0 Å². The molecule has 0 spiro atoms. The van der Waals surface area contributed by atoms with E-state index in [2.05, 4.69) is 76.8 Å². The summed E-state index contributed by atoms with van der Waals surface area (Å²) in [5.74, 6) is 7.65. The molecule has 9 unspecified atom stereocenters. The summed E-state index contributed by atoms with van der Waals surface area (Å²) in [6.07, 6.45) is 64.3. The highest BCUT2D eigenvalue weighted by molar-refractivity contribution is 5.25. The molecular weight excluding hydrogens is 747 g/mol. The number of rotatable bonds is 32. The van der Waals surface area contributed by atoms with Crippen LogP contribution in [0.3, 0.4) is 0 Å². The van der Waals surface area contributed by atoms with Crippen molar-refractivity contribution in [1.29, 1.82) is 0 Å². The molecule has 9 atom stereocenters. The van der Waals surface area contributed by atoms with Crippen LogP contribution in [0.1, 0.15) is 273 Å². The fourth-order valence-corrected chi connectivity index (χ4v) is 15.0. The van der Waals surface area contributed by atoms with Gasteiger partial charge in [0.25, 0.3) is 0 Å². The van der Waals surface area contributed by atoms with E-state index >= 15 is 0 Å². The van der Waals surface area contributed by atoms with Crippen molar-refractivity contribution in [1.82, 2.24) is 4.90 Å². The molecule has 1 heterocycles. The van der Waals surface area contributed by atoms with Crippen molar-refractivity contribution in [2.45, 2.75) is 273 Å². The summed E-state index contributed by atoms with van der Waals surface area (Å²) in [5, 5.41) is 0. The Labute approximate surface area is 389 Å². The lowest BCUT2D eigenvalue weighted by atomic mass is 9.46. The molecule has 1 saturated heterocycles. The monoisotopic (exact) mass is 856 g/mol. The topological polar surface area (TPSA) is 3.24 Å². The minimum absolute atomic E-state index is 0.523. The molecule has 0 radical (unpaired) electrons. The average Bonchev–Trinajstić information content (AvgIpc) is 3.63. The van der Waals surface area contributed by atoms with E-state index in [-0.39, 0.29) is 0 Å². The molecule has 0 amide bonds. The molecule has 5 rings (SSSR count). The summed E-state index contributed by atoms with van der Waals surface area (Å²) in [5.41, 5.74) is 3.07. The minimum Gasteiger partial charge on any atom is -0.303 e. The van der Waals surface area contributed by atoms with Gasteiger partial charge in [-0.3, -0.25) is 0 Å². The number of hydrogen-bond acceptors (Lipinski definition) is 1. The first kappa shape index (κ1) is 52.2. The lowest BCUT2D eigenvalue weighted by molar-refractivity contribution is -0.0529. The molecule has 0 bridgehead atoms. The van der Waals surface area contributed by atoms with Crippen LogP contribution in [0.15, 0.2) is 36.0 Å². The largest absolute Gasteiger partial charge is 0.303 e. The molecule has 4 fully saturated rings. The molecule has 1 aliphatic heterocycles. The third kappa shape index (κ3) is 16.8. The van der Waals surface area contributed by atoms with Gasteiger partial charge in [0.15, 0.2) is 0 Å². The Hall–Kier alpha value is -0.820. The SMILES string of the molecule is CCCCC/C=C\C/C=C\CCCCCCCCCCC(CCCCCCCC1CCC2(C)C(=CCC3C2CCC2(C)C(C(C)CCCC(C)C)CCC32)C1)CN1CCCCC1. The van der Waals surface area contributed by atoms with Gasteiger partial charge in [-0.2, -0.15) is 0 Å². The van der Waals surface area contributed by atoms with Crippen LogP contribution in [-0.4, -0.2) is 24.5 Å². The van der Waals surface area contributed by atoms with Crippen LogP contribution in [0, 0.1) is 58.2 Å². The summed E-state index contributed by atoms with van der Waals surface area (Å²) in [7, 11) is 0. The van der Waals surface area contributed by atoms with Crippen LogP contribution in [0.4, 0.5) is 0 Å². The summed E-state index contributed by atoms with van der Waals surface area (Å²) >= 11 is 0. The van der Waals surface area contributed by atoms with E-state index in [1.807, 2.05) is 5.57 Å². The lowest BCUT2D eigenvalue weighted by Crippen LogP contribution is -2.50. The van der Waals surface area contributed by atoms with Crippen molar-refractivity contribution in [2.24, 2.45) is 58.2 Å². The van der Waals surface area contributed by atoms with E-state index in [1.165, 1.54) is 244 Å². The number of likely N-dealkylation sites (tertiary alicyclic amines) is 1. The van der Waals surface area contributed by atoms with Crippen LogP contribution in [0.5, 0.6) is 0 Å². The van der Waals surface area contributed by atoms with Crippen molar-refractivity contribution >= 4 is 0 Å². The zero-order valence-corrected chi connectivity index (χ0v) is 43.0. The molecule has 3 saturated carbocycles. The quantitative estimate of drug-likeness (QED) is 0.0481. The molecule has 4 aliphatic carbocycles. The zero-order valence-electron chi connectivity index (χ0n) is 43.0. The Bertz CT molecular complexity index is 1250. The third-order valence-electron chi connectivity index (χ3n) is 18.9. The van der Waals surface area contributed by atoms with Crippen LogP contribution in [0.2, 0.25) is 0 Å². The van der Waals surface area contributed by atoms with Crippen molar-refractivity contribution in [2.75, 3.05) is 19.6 Å². The maximum Gasteiger partial charge on any atom is 0.000965 e. The fraction of sp³-hybridized carbons (Fsp3) is 0.902. The number of allylic oxidation sites excluding steroid dienone is 6. The predicted molar refractivity (Wildman–Crippen MR) is 276 cm³/mol. The lowest BCUT2D eigenvalue weighted by Gasteiger charge is -2.58. The van der Waals surface area contributed by atoms with E-state index in [1.54, 1.807) is 0 Å². The van der Waals surface area contributed by atoms with E-state index in [4.69, 9.17) is 0 Å². The highest BCUT2D eigenvalue weighted by Crippen LogP contribution is 2.67. The molecule has 358 valence electrons. The first-order valence-electron chi connectivity index (χ1n) is 29.0. The van der Waals surface area contributed by atoms with E-state index in [0.717, 1.165) is 53.8 Å². The molecule has 5 aliphatic rings. The molecule has 0 aromatic carbocycles. The maximum absolute atomic E-state index is 2.86. The van der Waals surface area contributed by atoms with E-state index in [9.17, 15) is 0 Å². The standard InChI is InChI=1S/C61H109N/c1-7-8-9-10-11-12-13-14-15-16-17-18-19-20-21-22-24-29-37-54(50-62-47-31-27-32-48-62)38-30-26-23-25-28-36-53-43-45-60(5)55(49-53)39-40-56-58-42-41-57(52(4)35-33-34-51(2)3)61(58,6)46-44-59(56)60/h11-12,14-15,39,51-54,56-59H,7-10,13,16-38,40-50H2,1-6H3/b12-11-,15-14-.